The second kappa shape index (κ2) is 8.00. The highest BCUT2D eigenvalue weighted by molar-refractivity contribution is 5.90. The van der Waals surface area contributed by atoms with Crippen molar-refractivity contribution in [2.45, 2.75) is 96.7 Å². The molecule has 1 spiro atoms. The molecule has 0 radical (unpaired) electrons. The third-order valence-corrected chi connectivity index (χ3v) is 7.86. The maximum atomic E-state index is 13.2. The van der Waals surface area contributed by atoms with Crippen LogP contribution in [0.1, 0.15) is 67.2 Å². The highest BCUT2D eigenvalue weighted by Gasteiger charge is 2.69. The molecule has 7 atom stereocenters. The molecule has 2 aliphatic heterocycles. The molecule has 2 saturated heterocycles. The molecule has 2 saturated carbocycles. The Kier molecular flexibility index (Phi) is 5.83. The summed E-state index contributed by atoms with van der Waals surface area (Å²) in [6.07, 6.45) is 1.87. The van der Waals surface area contributed by atoms with Crippen molar-refractivity contribution in [3.8, 4) is 0 Å². The van der Waals surface area contributed by atoms with Gasteiger partial charge in [0, 0.05) is 17.4 Å². The van der Waals surface area contributed by atoms with Gasteiger partial charge in [0.05, 0.1) is 6.61 Å². The number of carbonyl (C=O) groups is 3. The first-order valence-corrected chi connectivity index (χ1v) is 12.0. The molecular weight excluding hydrogens is 426 g/mol. The zero-order valence-electron chi connectivity index (χ0n) is 20.6. The van der Waals surface area contributed by atoms with Gasteiger partial charge in [0.25, 0.3) is 0 Å². The summed E-state index contributed by atoms with van der Waals surface area (Å²) >= 11 is 0. The summed E-state index contributed by atoms with van der Waals surface area (Å²) < 4.78 is 23.0. The number of amides is 1. The minimum Gasteiger partial charge on any atom is -0.458 e. The van der Waals surface area contributed by atoms with Gasteiger partial charge < -0.3 is 24.3 Å². The van der Waals surface area contributed by atoms with E-state index in [1.165, 1.54) is 0 Å². The molecule has 0 aromatic carbocycles. The Hall–Kier alpha value is -2.09. The van der Waals surface area contributed by atoms with Crippen molar-refractivity contribution in [3.63, 3.8) is 0 Å². The van der Waals surface area contributed by atoms with Crippen LogP contribution in [0.25, 0.3) is 0 Å². The summed E-state index contributed by atoms with van der Waals surface area (Å²) in [5.74, 6) is -0.815. The summed E-state index contributed by atoms with van der Waals surface area (Å²) in [4.78, 5) is 37.5. The van der Waals surface area contributed by atoms with Gasteiger partial charge in [0.15, 0.2) is 0 Å². The van der Waals surface area contributed by atoms with Crippen molar-refractivity contribution in [1.82, 2.24) is 5.32 Å². The number of esters is 2. The lowest BCUT2D eigenvalue weighted by molar-refractivity contribution is -0.172. The first-order valence-electron chi connectivity index (χ1n) is 12.0. The number of hydrogen-bond donors (Lipinski definition) is 1. The van der Waals surface area contributed by atoms with Crippen molar-refractivity contribution >= 4 is 18.0 Å². The molecule has 0 bridgehead atoms. The van der Waals surface area contributed by atoms with Gasteiger partial charge in [-0.1, -0.05) is 27.4 Å². The average Bonchev–Trinajstić information content (AvgIpc) is 3.42. The van der Waals surface area contributed by atoms with Crippen LogP contribution in [0.15, 0.2) is 12.2 Å². The van der Waals surface area contributed by atoms with Gasteiger partial charge in [-0.15, -0.1) is 0 Å². The lowest BCUT2D eigenvalue weighted by Crippen LogP contribution is -2.57. The Bertz CT molecular complexity index is 855. The van der Waals surface area contributed by atoms with Crippen molar-refractivity contribution in [3.05, 3.63) is 12.2 Å². The van der Waals surface area contributed by atoms with E-state index < -0.39 is 35.4 Å². The van der Waals surface area contributed by atoms with Gasteiger partial charge >= 0.3 is 18.0 Å². The van der Waals surface area contributed by atoms with Crippen molar-refractivity contribution in [2.24, 2.45) is 23.2 Å². The summed E-state index contributed by atoms with van der Waals surface area (Å²) in [5.41, 5.74) is -0.730. The molecular formula is C25H37NO7. The lowest BCUT2D eigenvalue weighted by Gasteiger charge is -2.53. The first kappa shape index (κ1) is 24.0. The van der Waals surface area contributed by atoms with Crippen LogP contribution in [-0.4, -0.2) is 54.1 Å². The molecule has 8 nitrogen and oxygen atoms in total. The Morgan fingerprint density at radius 1 is 1.27 bits per heavy atom. The normalized spacial score (nSPS) is 38.3. The number of nitrogens with one attached hydrogen (secondary N) is 1. The Labute approximate surface area is 195 Å². The Morgan fingerprint density at radius 3 is 2.52 bits per heavy atom. The van der Waals surface area contributed by atoms with E-state index >= 15 is 0 Å². The van der Waals surface area contributed by atoms with E-state index in [2.05, 4.69) is 18.8 Å². The van der Waals surface area contributed by atoms with Crippen molar-refractivity contribution in [1.29, 1.82) is 0 Å². The SMILES string of the molecule is C=C1C(=O)O[C@@H]2C[C@@]3(C)CC[C@@H](OC(=O)[C@@H](NC(=O)OC(C)(C)C)C(C)C)[C@]4(CO4)[C@@H]3C[C@H]12. The van der Waals surface area contributed by atoms with Crippen LogP contribution >= 0.6 is 0 Å². The number of alkyl carbamates (subject to hydrolysis) is 1. The van der Waals surface area contributed by atoms with E-state index in [-0.39, 0.29) is 35.2 Å². The second-order valence-electron chi connectivity index (χ2n) is 11.8. The maximum absolute atomic E-state index is 13.2. The fraction of sp³-hybridized carbons (Fsp3) is 0.800. The smallest absolute Gasteiger partial charge is 0.408 e. The quantitative estimate of drug-likeness (QED) is 0.294. The summed E-state index contributed by atoms with van der Waals surface area (Å²) in [5, 5.41) is 2.67. The third kappa shape index (κ3) is 4.38. The molecule has 1 amide bonds. The maximum Gasteiger partial charge on any atom is 0.408 e. The van der Waals surface area contributed by atoms with Crippen LogP contribution in [0.4, 0.5) is 4.79 Å². The van der Waals surface area contributed by atoms with Crippen LogP contribution in [0.5, 0.6) is 0 Å². The van der Waals surface area contributed by atoms with E-state index in [9.17, 15) is 14.4 Å². The van der Waals surface area contributed by atoms with Gasteiger partial charge in [-0.3, -0.25) is 0 Å². The predicted molar refractivity (Wildman–Crippen MR) is 119 cm³/mol. The second-order valence-corrected chi connectivity index (χ2v) is 11.8. The standard InChI is InChI=1S/C25H37NO7/c1-13(2)19(26-22(29)33-23(4,5)6)21(28)32-18-8-9-24(7)11-16-15(14(3)20(27)31-16)10-17(24)25(18)12-30-25/h13,15-19H,3,8-12H2,1-2,4-7H3,(H,26,29)/t15-,16-,17-,18-,19+,24-,25+/m1/s1. The Balaban J connectivity index is 1.47. The van der Waals surface area contributed by atoms with Gasteiger partial charge in [0.1, 0.15) is 29.5 Å². The molecule has 0 aromatic heterocycles. The van der Waals surface area contributed by atoms with Crippen LogP contribution in [-0.2, 0) is 28.5 Å². The Morgan fingerprint density at radius 2 is 1.94 bits per heavy atom. The molecule has 0 aromatic rings. The number of ether oxygens (including phenoxy) is 4. The van der Waals surface area contributed by atoms with E-state index in [0.717, 1.165) is 19.3 Å². The largest absolute Gasteiger partial charge is 0.458 e. The predicted octanol–water partition coefficient (Wildman–Crippen LogP) is 3.52. The van der Waals surface area contributed by atoms with Gasteiger partial charge in [-0.25, -0.2) is 14.4 Å². The fourth-order valence-corrected chi connectivity index (χ4v) is 6.06. The lowest BCUT2D eigenvalue weighted by atomic mass is 9.53. The van der Waals surface area contributed by atoms with Crippen LogP contribution in [0, 0.1) is 23.2 Å². The number of rotatable bonds is 4. The van der Waals surface area contributed by atoms with E-state index in [1.54, 1.807) is 20.8 Å². The molecule has 2 aliphatic carbocycles. The van der Waals surface area contributed by atoms with Gasteiger partial charge in [0.2, 0.25) is 0 Å². The third-order valence-electron chi connectivity index (χ3n) is 7.86. The molecule has 2 heterocycles. The summed E-state index contributed by atoms with van der Waals surface area (Å²) in [6, 6.07) is -0.819. The summed E-state index contributed by atoms with van der Waals surface area (Å²) in [7, 11) is 0. The zero-order valence-corrected chi connectivity index (χ0v) is 20.6. The molecule has 4 fully saturated rings. The first-order chi connectivity index (χ1) is 15.3. The van der Waals surface area contributed by atoms with E-state index in [1.807, 2.05) is 13.8 Å². The van der Waals surface area contributed by atoms with Crippen LogP contribution in [0.3, 0.4) is 0 Å². The minimum absolute atomic E-state index is 0.0108. The molecule has 4 aliphatic rings. The molecule has 184 valence electrons. The molecule has 4 rings (SSSR count). The number of carbonyl (C=O) groups excluding carboxylic acids is 3. The molecule has 1 N–H and O–H groups in total. The van der Waals surface area contributed by atoms with Gasteiger partial charge in [-0.2, -0.15) is 0 Å². The number of epoxide rings is 1. The van der Waals surface area contributed by atoms with Crippen molar-refractivity contribution in [2.75, 3.05) is 6.61 Å². The highest BCUT2D eigenvalue weighted by atomic mass is 16.6. The monoisotopic (exact) mass is 463 g/mol. The number of hydrogen-bond acceptors (Lipinski definition) is 7. The van der Waals surface area contributed by atoms with Crippen LogP contribution in [0.2, 0.25) is 0 Å². The minimum atomic E-state index is -0.819. The highest BCUT2D eigenvalue weighted by Crippen LogP contribution is 2.63. The average molecular weight is 464 g/mol. The molecule has 0 unspecified atom stereocenters. The van der Waals surface area contributed by atoms with Crippen LogP contribution < -0.4 is 5.32 Å². The topological polar surface area (TPSA) is 103 Å². The van der Waals surface area contributed by atoms with E-state index in [4.69, 9.17) is 18.9 Å². The fourth-order valence-electron chi connectivity index (χ4n) is 6.06. The molecule has 33 heavy (non-hydrogen) atoms. The van der Waals surface area contributed by atoms with E-state index in [0.29, 0.717) is 18.6 Å². The zero-order chi connectivity index (χ0) is 24.3. The summed E-state index contributed by atoms with van der Waals surface area (Å²) in [6.45, 7) is 15.7. The van der Waals surface area contributed by atoms with Gasteiger partial charge in [-0.05, 0) is 57.8 Å². The molecule has 8 heteroatoms. The van der Waals surface area contributed by atoms with Crippen molar-refractivity contribution < 1.29 is 33.3 Å². The number of fused-ring (bicyclic) bond motifs is 3.